The topological polar surface area (TPSA) is 109 Å². The van der Waals surface area contributed by atoms with Crippen LogP contribution in [0.15, 0.2) is 64.3 Å². The number of carbonyl (C=O) groups is 1. The lowest BCUT2D eigenvalue weighted by Crippen LogP contribution is -2.42. The summed E-state index contributed by atoms with van der Waals surface area (Å²) < 4.78 is 43.6. The highest BCUT2D eigenvalue weighted by molar-refractivity contribution is 5.99. The number of alkyl halides is 3. The van der Waals surface area contributed by atoms with Crippen LogP contribution in [-0.2, 0) is 6.18 Å². The monoisotopic (exact) mass is 522 g/mol. The van der Waals surface area contributed by atoms with Crippen molar-refractivity contribution in [2.45, 2.75) is 33.0 Å². The summed E-state index contributed by atoms with van der Waals surface area (Å²) in [7, 11) is 0. The number of carbonyl (C=O) groups excluding carboxylic acids is 1. The van der Waals surface area contributed by atoms with Crippen molar-refractivity contribution in [3.63, 3.8) is 0 Å². The lowest BCUT2D eigenvalue weighted by molar-refractivity contribution is -0.137. The minimum Gasteiger partial charge on any atom is -0.365 e. The summed E-state index contributed by atoms with van der Waals surface area (Å²) in [6, 6.07) is 9.60. The molecule has 0 aliphatic rings. The van der Waals surface area contributed by atoms with Crippen molar-refractivity contribution < 1.29 is 18.0 Å². The van der Waals surface area contributed by atoms with E-state index in [2.05, 4.69) is 9.94 Å². The van der Waals surface area contributed by atoms with Crippen LogP contribution in [0.3, 0.4) is 0 Å². The van der Waals surface area contributed by atoms with E-state index in [-0.39, 0.29) is 28.2 Å². The van der Waals surface area contributed by atoms with Crippen molar-refractivity contribution >= 4 is 11.6 Å². The van der Waals surface area contributed by atoms with Gasteiger partial charge in [-0.15, -0.1) is 0 Å². The summed E-state index contributed by atoms with van der Waals surface area (Å²) >= 11 is 0. The first-order valence-corrected chi connectivity index (χ1v) is 11.3. The summed E-state index contributed by atoms with van der Waals surface area (Å²) in [5.41, 5.74) is 3.28. The van der Waals surface area contributed by atoms with E-state index in [1.165, 1.54) is 36.0 Å². The molecule has 0 saturated carbocycles. The fraction of sp³-hybridized carbons (Fsp3) is 0.192. The number of primary amides is 1. The van der Waals surface area contributed by atoms with Gasteiger partial charge in [0.2, 0.25) is 0 Å². The molecule has 0 unspecified atom stereocenters. The van der Waals surface area contributed by atoms with E-state index in [1.54, 1.807) is 26.0 Å². The van der Waals surface area contributed by atoms with Gasteiger partial charge in [0, 0.05) is 11.7 Å². The summed E-state index contributed by atoms with van der Waals surface area (Å²) in [4.78, 5) is 43.0. The van der Waals surface area contributed by atoms with Gasteiger partial charge in [-0.25, -0.2) is 14.3 Å². The van der Waals surface area contributed by atoms with Crippen molar-refractivity contribution in [1.82, 2.24) is 18.9 Å². The zero-order chi connectivity index (χ0) is 27.9. The average molecular weight is 522 g/mol. The number of amides is 1. The number of hydrogen-bond acceptors (Lipinski definition) is 4. The number of nitrogens with zero attached hydrogens (tertiary/aromatic N) is 5. The van der Waals surface area contributed by atoms with Gasteiger partial charge in [0.1, 0.15) is 0 Å². The quantitative estimate of drug-likeness (QED) is 0.392. The van der Waals surface area contributed by atoms with Crippen LogP contribution in [0, 0.1) is 13.5 Å². The third kappa shape index (κ3) is 4.39. The largest absolute Gasteiger partial charge is 0.416 e. The first-order valence-electron chi connectivity index (χ1n) is 11.3. The number of aromatic nitrogens is 4. The number of rotatable bonds is 5. The highest BCUT2D eigenvalue weighted by Crippen LogP contribution is 2.32. The van der Waals surface area contributed by atoms with Gasteiger partial charge < -0.3 is 5.73 Å². The molecule has 4 rings (SSSR count). The second kappa shape index (κ2) is 9.51. The first kappa shape index (κ1) is 26.2. The number of halogens is 3. The Hall–Kier alpha value is -4.92. The molecule has 2 aromatic heterocycles. The van der Waals surface area contributed by atoms with E-state index in [4.69, 9.17) is 12.3 Å². The van der Waals surface area contributed by atoms with Crippen LogP contribution in [0.25, 0.3) is 27.5 Å². The molecule has 0 aliphatic heterocycles. The minimum atomic E-state index is -4.67. The fourth-order valence-electron chi connectivity index (χ4n) is 4.21. The molecule has 194 valence electrons. The Kier molecular flexibility index (Phi) is 6.55. The van der Waals surface area contributed by atoms with E-state index < -0.39 is 34.9 Å². The van der Waals surface area contributed by atoms with Crippen molar-refractivity contribution in [3.8, 4) is 22.6 Å². The van der Waals surface area contributed by atoms with E-state index in [9.17, 15) is 27.6 Å². The molecule has 38 heavy (non-hydrogen) atoms. The van der Waals surface area contributed by atoms with Gasteiger partial charge in [0.05, 0.1) is 46.5 Å². The second-order valence-electron chi connectivity index (χ2n) is 8.71. The third-order valence-corrected chi connectivity index (χ3v) is 5.97. The Morgan fingerprint density at radius 1 is 1.08 bits per heavy atom. The molecular formula is C26H21F3N6O3. The number of benzene rings is 2. The third-order valence-electron chi connectivity index (χ3n) is 5.97. The standard InChI is InChI=1S/C26H21F3N6O3/c1-14(2)33-24(37)21(15(3)34(25(33)38)19-7-5-6-16(12-19)26(27,28)29)22-20(23(30)36)13-32-35(22)18-10-8-17(31-4)9-11-18/h5-14H,1-3H3,(H2,30,36). The van der Waals surface area contributed by atoms with Gasteiger partial charge in [-0.05, 0) is 51.1 Å². The Bertz CT molecular complexity index is 1720. The van der Waals surface area contributed by atoms with E-state index in [0.717, 1.165) is 27.3 Å². The molecule has 0 atom stereocenters. The van der Waals surface area contributed by atoms with Crippen LogP contribution in [0.1, 0.15) is 41.5 Å². The molecule has 0 fully saturated rings. The highest BCUT2D eigenvalue weighted by atomic mass is 19.4. The maximum Gasteiger partial charge on any atom is 0.416 e. The molecule has 2 N–H and O–H groups in total. The Labute approximate surface area is 214 Å². The number of nitrogens with two attached hydrogens (primary N) is 1. The van der Waals surface area contributed by atoms with Gasteiger partial charge in [-0.2, -0.15) is 18.3 Å². The zero-order valence-electron chi connectivity index (χ0n) is 20.4. The summed E-state index contributed by atoms with van der Waals surface area (Å²) in [6.07, 6.45) is -3.50. The summed E-state index contributed by atoms with van der Waals surface area (Å²) in [6.45, 7) is 11.7. The SMILES string of the molecule is [C-]#[N+]c1ccc(-n2ncc(C(N)=O)c2-c2c(C)n(-c3cccc(C(F)(F)F)c3)c(=O)n(C(C)C)c2=O)cc1. The van der Waals surface area contributed by atoms with Gasteiger partial charge in [-0.1, -0.05) is 18.2 Å². The molecule has 9 nitrogen and oxygen atoms in total. The molecule has 0 bridgehead atoms. The smallest absolute Gasteiger partial charge is 0.365 e. The van der Waals surface area contributed by atoms with Gasteiger partial charge >= 0.3 is 11.9 Å². The van der Waals surface area contributed by atoms with E-state index in [1.807, 2.05) is 0 Å². The van der Waals surface area contributed by atoms with Crippen LogP contribution >= 0.6 is 0 Å². The number of hydrogen-bond donors (Lipinski definition) is 1. The molecule has 0 aliphatic carbocycles. The molecule has 0 spiro atoms. The van der Waals surface area contributed by atoms with Gasteiger partial charge in [0.25, 0.3) is 11.5 Å². The Morgan fingerprint density at radius 3 is 2.29 bits per heavy atom. The Morgan fingerprint density at radius 2 is 1.74 bits per heavy atom. The van der Waals surface area contributed by atoms with Gasteiger partial charge in [0.15, 0.2) is 5.69 Å². The van der Waals surface area contributed by atoms with Crippen molar-refractivity contribution in [2.24, 2.45) is 5.73 Å². The van der Waals surface area contributed by atoms with Crippen molar-refractivity contribution in [2.75, 3.05) is 0 Å². The van der Waals surface area contributed by atoms with Crippen LogP contribution in [0.5, 0.6) is 0 Å². The average Bonchev–Trinajstić information content (AvgIpc) is 3.28. The minimum absolute atomic E-state index is 0.0155. The fourth-order valence-corrected chi connectivity index (χ4v) is 4.21. The maximum atomic E-state index is 13.8. The molecule has 12 heteroatoms. The molecule has 0 saturated heterocycles. The van der Waals surface area contributed by atoms with E-state index in [0.29, 0.717) is 11.4 Å². The zero-order valence-corrected chi connectivity index (χ0v) is 20.4. The summed E-state index contributed by atoms with van der Waals surface area (Å²) in [5.74, 6) is -0.907. The second-order valence-corrected chi connectivity index (χ2v) is 8.71. The molecular weight excluding hydrogens is 501 g/mol. The lowest BCUT2D eigenvalue weighted by Gasteiger charge is -2.21. The van der Waals surface area contributed by atoms with Crippen molar-refractivity contribution in [3.05, 3.63) is 104 Å². The van der Waals surface area contributed by atoms with E-state index >= 15 is 0 Å². The van der Waals surface area contributed by atoms with Crippen LogP contribution in [0.2, 0.25) is 0 Å². The van der Waals surface area contributed by atoms with Crippen LogP contribution in [-0.4, -0.2) is 24.8 Å². The first-order chi connectivity index (χ1) is 17.9. The Balaban J connectivity index is 2.14. The molecule has 1 amide bonds. The predicted molar refractivity (Wildman–Crippen MR) is 134 cm³/mol. The van der Waals surface area contributed by atoms with Gasteiger partial charge in [-0.3, -0.25) is 18.7 Å². The molecule has 2 aromatic carbocycles. The van der Waals surface area contributed by atoms with Crippen LogP contribution < -0.4 is 17.0 Å². The lowest BCUT2D eigenvalue weighted by atomic mass is 10.1. The molecule has 0 radical (unpaired) electrons. The van der Waals surface area contributed by atoms with Crippen molar-refractivity contribution in [1.29, 1.82) is 0 Å². The van der Waals surface area contributed by atoms with Crippen LogP contribution in [0.4, 0.5) is 18.9 Å². The predicted octanol–water partition coefficient (Wildman–Crippen LogP) is 4.41. The molecule has 2 heterocycles. The highest BCUT2D eigenvalue weighted by Gasteiger charge is 2.32. The normalized spacial score (nSPS) is 11.5. The summed E-state index contributed by atoms with van der Waals surface area (Å²) in [5, 5.41) is 4.22. The molecule has 4 aromatic rings. The maximum absolute atomic E-state index is 13.8.